The number of amides is 2. The second kappa shape index (κ2) is 9.59. The summed E-state index contributed by atoms with van der Waals surface area (Å²) < 4.78 is 7.62. The molecule has 0 atom stereocenters. The lowest BCUT2D eigenvalue weighted by atomic mass is 10.1. The Morgan fingerprint density at radius 1 is 0.833 bits per heavy atom. The fourth-order valence-corrected chi connectivity index (χ4v) is 4.29. The number of para-hydroxylation sites is 2. The van der Waals surface area contributed by atoms with Gasteiger partial charge in [0.2, 0.25) is 0 Å². The van der Waals surface area contributed by atoms with Crippen molar-refractivity contribution in [2.24, 2.45) is 0 Å². The molecule has 2 amide bonds. The Kier molecular flexibility index (Phi) is 6.18. The number of aromatic nitrogens is 2. The van der Waals surface area contributed by atoms with Crippen molar-refractivity contribution in [3.63, 3.8) is 0 Å². The molecular weight excluding hydrogens is 472 g/mol. The first-order valence-corrected chi connectivity index (χ1v) is 11.7. The van der Waals surface area contributed by atoms with Crippen molar-refractivity contribution in [2.75, 3.05) is 4.90 Å². The maximum Gasteiger partial charge on any atom is 0.270 e. The number of aryl methyl sites for hydroxylation is 1. The van der Waals surface area contributed by atoms with Gasteiger partial charge in [0.25, 0.3) is 11.8 Å². The summed E-state index contributed by atoms with van der Waals surface area (Å²) in [5.74, 6) is 0.261. The van der Waals surface area contributed by atoms with Crippen LogP contribution in [0, 0.1) is 13.8 Å². The zero-order valence-corrected chi connectivity index (χ0v) is 20.5. The zero-order chi connectivity index (χ0) is 25.2. The van der Waals surface area contributed by atoms with E-state index in [0.29, 0.717) is 28.4 Å². The molecule has 0 bridgehead atoms. The number of carbonyl (C=O) groups is 2. The minimum atomic E-state index is -0.545. The summed E-state index contributed by atoms with van der Waals surface area (Å²) in [5, 5.41) is 7.26. The van der Waals surface area contributed by atoms with Gasteiger partial charge in [0.1, 0.15) is 17.1 Å². The third kappa shape index (κ3) is 4.42. The predicted octanol–water partition coefficient (Wildman–Crippen LogP) is 5.11. The van der Waals surface area contributed by atoms with Crippen LogP contribution >= 0.6 is 12.2 Å². The van der Waals surface area contributed by atoms with Gasteiger partial charge in [-0.05, 0) is 80.7 Å². The molecule has 36 heavy (non-hydrogen) atoms. The molecule has 4 aromatic rings. The minimum Gasteiger partial charge on any atom is -0.457 e. The van der Waals surface area contributed by atoms with Crippen LogP contribution in [0.5, 0.6) is 11.5 Å². The van der Waals surface area contributed by atoms with Crippen LogP contribution in [-0.4, -0.2) is 26.7 Å². The molecule has 7 nitrogen and oxygen atoms in total. The number of hydrogen-bond acceptors (Lipinski definition) is 5. The van der Waals surface area contributed by atoms with Crippen LogP contribution in [0.2, 0.25) is 0 Å². The Morgan fingerprint density at radius 2 is 1.44 bits per heavy atom. The minimum absolute atomic E-state index is 0.0207. The van der Waals surface area contributed by atoms with E-state index in [4.69, 9.17) is 17.0 Å². The molecule has 0 radical (unpaired) electrons. The number of rotatable bonds is 5. The summed E-state index contributed by atoms with van der Waals surface area (Å²) in [6, 6.07) is 26.0. The zero-order valence-electron chi connectivity index (χ0n) is 19.6. The summed E-state index contributed by atoms with van der Waals surface area (Å²) in [6.07, 6.45) is 1.58. The fourth-order valence-electron chi connectivity index (χ4n) is 4.01. The summed E-state index contributed by atoms with van der Waals surface area (Å²) in [5.41, 5.74) is 3.61. The molecule has 0 saturated carbocycles. The van der Waals surface area contributed by atoms with Crippen molar-refractivity contribution in [1.82, 2.24) is 15.1 Å². The van der Waals surface area contributed by atoms with Gasteiger partial charge in [-0.2, -0.15) is 5.10 Å². The standard InChI is InChI=1S/C28H22N4O3S/c1-18-24(19(2)32(30-18)21-9-5-3-6-10-21)17-25-26(33)29-28(36)31(27(25)34)20-13-15-23(16-14-20)35-22-11-7-4-8-12-22/h3-17H,1-2H3,(H,29,33,36)/b25-17-. The summed E-state index contributed by atoms with van der Waals surface area (Å²) in [6.45, 7) is 3.75. The lowest BCUT2D eigenvalue weighted by molar-refractivity contribution is -0.122. The smallest absolute Gasteiger partial charge is 0.270 e. The molecule has 178 valence electrons. The van der Waals surface area contributed by atoms with Crippen molar-refractivity contribution >= 4 is 40.9 Å². The van der Waals surface area contributed by atoms with Gasteiger partial charge in [-0.25, -0.2) is 4.68 Å². The Labute approximate surface area is 213 Å². The van der Waals surface area contributed by atoms with E-state index < -0.39 is 11.8 Å². The van der Waals surface area contributed by atoms with Crippen molar-refractivity contribution in [3.8, 4) is 17.2 Å². The number of hydrogen-bond donors (Lipinski definition) is 1. The van der Waals surface area contributed by atoms with Crippen molar-refractivity contribution in [3.05, 3.63) is 107 Å². The van der Waals surface area contributed by atoms with Crippen LogP contribution in [0.1, 0.15) is 17.0 Å². The molecule has 5 rings (SSSR count). The summed E-state index contributed by atoms with van der Waals surface area (Å²) in [4.78, 5) is 27.6. The quantitative estimate of drug-likeness (QED) is 0.237. The van der Waals surface area contributed by atoms with E-state index >= 15 is 0 Å². The van der Waals surface area contributed by atoms with Crippen LogP contribution in [0.4, 0.5) is 5.69 Å². The number of thiocarbonyl (C=S) groups is 1. The van der Waals surface area contributed by atoms with Crippen molar-refractivity contribution < 1.29 is 14.3 Å². The average molecular weight is 495 g/mol. The SMILES string of the molecule is Cc1nn(-c2ccccc2)c(C)c1/C=C1/C(=O)NC(=S)N(c2ccc(Oc3ccccc3)cc2)C1=O. The Morgan fingerprint density at radius 3 is 2.11 bits per heavy atom. The number of anilines is 1. The van der Waals surface area contributed by atoms with Gasteiger partial charge in [0.05, 0.1) is 17.1 Å². The third-order valence-electron chi connectivity index (χ3n) is 5.81. The number of benzene rings is 3. The largest absolute Gasteiger partial charge is 0.457 e. The van der Waals surface area contributed by atoms with Crippen LogP contribution in [0.3, 0.4) is 0 Å². The highest BCUT2D eigenvalue weighted by Crippen LogP contribution is 2.28. The highest BCUT2D eigenvalue weighted by atomic mass is 32.1. The Balaban J connectivity index is 1.45. The van der Waals surface area contributed by atoms with Crippen LogP contribution in [0.15, 0.2) is 90.5 Å². The van der Waals surface area contributed by atoms with E-state index in [1.807, 2.05) is 74.5 Å². The van der Waals surface area contributed by atoms with Gasteiger partial charge in [-0.15, -0.1) is 0 Å². The molecule has 1 N–H and O–H groups in total. The molecule has 0 spiro atoms. The molecule has 1 aliphatic rings. The highest BCUT2D eigenvalue weighted by Gasteiger charge is 2.35. The summed E-state index contributed by atoms with van der Waals surface area (Å²) in [7, 11) is 0. The normalized spacial score (nSPS) is 14.8. The maximum absolute atomic E-state index is 13.5. The summed E-state index contributed by atoms with van der Waals surface area (Å²) >= 11 is 5.34. The second-order valence-corrected chi connectivity index (χ2v) is 8.59. The van der Waals surface area contributed by atoms with Gasteiger partial charge in [-0.1, -0.05) is 36.4 Å². The fraction of sp³-hybridized carbons (Fsp3) is 0.0714. The van der Waals surface area contributed by atoms with E-state index in [9.17, 15) is 9.59 Å². The molecule has 1 fully saturated rings. The van der Waals surface area contributed by atoms with Crippen LogP contribution in [-0.2, 0) is 9.59 Å². The third-order valence-corrected chi connectivity index (χ3v) is 6.10. The first-order chi connectivity index (χ1) is 17.4. The maximum atomic E-state index is 13.5. The number of carbonyl (C=O) groups excluding carboxylic acids is 2. The molecular formula is C28H22N4O3S. The molecule has 8 heteroatoms. The van der Waals surface area contributed by atoms with Gasteiger partial charge in [0.15, 0.2) is 5.11 Å². The van der Waals surface area contributed by atoms with E-state index in [1.165, 1.54) is 4.90 Å². The predicted molar refractivity (Wildman–Crippen MR) is 142 cm³/mol. The van der Waals surface area contributed by atoms with Gasteiger partial charge < -0.3 is 4.74 Å². The first-order valence-electron chi connectivity index (χ1n) is 11.3. The number of ether oxygens (including phenoxy) is 1. The van der Waals surface area contributed by atoms with Crippen molar-refractivity contribution in [1.29, 1.82) is 0 Å². The molecule has 0 unspecified atom stereocenters. The van der Waals surface area contributed by atoms with Gasteiger partial charge in [-0.3, -0.25) is 19.8 Å². The average Bonchev–Trinajstić information content (AvgIpc) is 3.16. The second-order valence-electron chi connectivity index (χ2n) is 8.20. The molecule has 2 heterocycles. The van der Waals surface area contributed by atoms with E-state index in [2.05, 4.69) is 10.4 Å². The topological polar surface area (TPSA) is 76.5 Å². The van der Waals surface area contributed by atoms with E-state index in [1.54, 1.807) is 35.0 Å². The highest BCUT2D eigenvalue weighted by molar-refractivity contribution is 7.80. The van der Waals surface area contributed by atoms with Crippen LogP contribution < -0.4 is 15.0 Å². The lowest BCUT2D eigenvalue weighted by Crippen LogP contribution is -2.54. The van der Waals surface area contributed by atoms with E-state index in [0.717, 1.165) is 11.4 Å². The Bertz CT molecular complexity index is 1490. The van der Waals surface area contributed by atoms with Crippen molar-refractivity contribution in [2.45, 2.75) is 13.8 Å². The number of nitrogens with zero attached hydrogens (tertiary/aromatic N) is 3. The van der Waals surface area contributed by atoms with E-state index in [-0.39, 0.29) is 10.7 Å². The van der Waals surface area contributed by atoms with Gasteiger partial charge >= 0.3 is 0 Å². The Hall–Kier alpha value is -4.56. The molecule has 1 aliphatic heterocycles. The van der Waals surface area contributed by atoms with Crippen LogP contribution in [0.25, 0.3) is 11.8 Å². The number of nitrogens with one attached hydrogen (secondary N) is 1. The first kappa shape index (κ1) is 23.2. The molecule has 1 saturated heterocycles. The van der Waals surface area contributed by atoms with Gasteiger partial charge in [0, 0.05) is 11.3 Å². The molecule has 1 aromatic heterocycles. The molecule has 3 aromatic carbocycles. The monoisotopic (exact) mass is 494 g/mol. The molecule has 0 aliphatic carbocycles. The lowest BCUT2D eigenvalue weighted by Gasteiger charge is -2.29.